The van der Waals surface area contributed by atoms with Gasteiger partial charge >= 0.3 is 0 Å². The minimum atomic E-state index is -0.124. The van der Waals surface area contributed by atoms with Crippen molar-refractivity contribution >= 4 is 29.0 Å². The first-order valence-electron chi connectivity index (χ1n) is 6.78. The Balaban J connectivity index is 2.07. The van der Waals surface area contributed by atoms with E-state index in [0.29, 0.717) is 29.1 Å². The van der Waals surface area contributed by atoms with Crippen LogP contribution in [0.2, 0.25) is 5.02 Å². The minimum absolute atomic E-state index is 0.0869. The highest BCUT2D eigenvalue weighted by atomic mass is 35.5. The molecule has 0 saturated carbocycles. The van der Waals surface area contributed by atoms with Gasteiger partial charge in [-0.2, -0.15) is 0 Å². The normalized spacial score (nSPS) is 14.0. The van der Waals surface area contributed by atoms with Crippen LogP contribution >= 0.6 is 11.6 Å². The van der Waals surface area contributed by atoms with E-state index in [2.05, 4.69) is 0 Å². The SMILES string of the molecule is Cc1cccc2c1N(C(=O)c1cccc(Cl)c1)CCC2=O. The van der Waals surface area contributed by atoms with Gasteiger partial charge in [0.05, 0.1) is 5.69 Å². The van der Waals surface area contributed by atoms with Gasteiger partial charge in [0.25, 0.3) is 5.91 Å². The number of amides is 1. The van der Waals surface area contributed by atoms with Crippen molar-refractivity contribution in [3.05, 3.63) is 64.2 Å². The van der Waals surface area contributed by atoms with E-state index < -0.39 is 0 Å². The van der Waals surface area contributed by atoms with E-state index in [1.54, 1.807) is 35.2 Å². The third kappa shape index (κ3) is 2.45. The molecule has 1 aliphatic heterocycles. The molecule has 0 aliphatic carbocycles. The molecule has 0 unspecified atom stereocenters. The van der Waals surface area contributed by atoms with E-state index in [4.69, 9.17) is 11.6 Å². The molecular weight excluding hydrogens is 286 g/mol. The van der Waals surface area contributed by atoms with Gasteiger partial charge in [0, 0.05) is 29.1 Å². The van der Waals surface area contributed by atoms with Crippen molar-refractivity contribution in [3.63, 3.8) is 0 Å². The lowest BCUT2D eigenvalue weighted by molar-refractivity contribution is 0.0955. The van der Waals surface area contributed by atoms with Crippen LogP contribution in [0.3, 0.4) is 0 Å². The predicted octanol–water partition coefficient (Wildman–Crippen LogP) is 3.88. The van der Waals surface area contributed by atoms with Crippen LogP contribution in [0, 0.1) is 6.92 Å². The van der Waals surface area contributed by atoms with E-state index in [1.165, 1.54) is 0 Å². The highest BCUT2D eigenvalue weighted by molar-refractivity contribution is 6.31. The first kappa shape index (κ1) is 13.8. The van der Waals surface area contributed by atoms with Gasteiger partial charge in [-0.15, -0.1) is 0 Å². The number of nitrogens with zero attached hydrogens (tertiary/aromatic N) is 1. The number of fused-ring (bicyclic) bond motifs is 1. The average molecular weight is 300 g/mol. The van der Waals surface area contributed by atoms with Gasteiger partial charge in [-0.3, -0.25) is 9.59 Å². The fourth-order valence-electron chi connectivity index (χ4n) is 2.68. The van der Waals surface area contributed by atoms with Crippen LogP contribution in [-0.2, 0) is 0 Å². The number of benzene rings is 2. The molecular formula is C17H14ClNO2. The summed E-state index contributed by atoms with van der Waals surface area (Å²) in [5.41, 5.74) is 2.80. The first-order valence-corrected chi connectivity index (χ1v) is 7.16. The second kappa shape index (κ2) is 5.34. The Labute approximate surface area is 128 Å². The van der Waals surface area contributed by atoms with E-state index in [9.17, 15) is 9.59 Å². The van der Waals surface area contributed by atoms with Crippen molar-refractivity contribution in [2.75, 3.05) is 11.4 Å². The summed E-state index contributed by atoms with van der Waals surface area (Å²) in [5.74, 6) is -0.0376. The summed E-state index contributed by atoms with van der Waals surface area (Å²) >= 11 is 5.96. The van der Waals surface area contributed by atoms with E-state index >= 15 is 0 Å². The largest absolute Gasteiger partial charge is 0.307 e. The second-order valence-corrected chi connectivity index (χ2v) is 5.55. The Hall–Kier alpha value is -2.13. The lowest BCUT2D eigenvalue weighted by Gasteiger charge is -2.30. The number of carbonyl (C=O) groups excluding carboxylic acids is 2. The molecule has 0 spiro atoms. The summed E-state index contributed by atoms with van der Waals surface area (Å²) in [6.07, 6.45) is 0.350. The number of aryl methyl sites for hydroxylation is 1. The molecule has 2 aromatic rings. The van der Waals surface area contributed by atoms with Crippen molar-refractivity contribution in [1.82, 2.24) is 0 Å². The molecule has 0 bridgehead atoms. The predicted molar refractivity (Wildman–Crippen MR) is 83.3 cm³/mol. The number of ketones is 1. The van der Waals surface area contributed by atoms with Crippen LogP contribution < -0.4 is 4.90 Å². The summed E-state index contributed by atoms with van der Waals surface area (Å²) in [6.45, 7) is 2.32. The average Bonchev–Trinajstić information content (AvgIpc) is 2.48. The van der Waals surface area contributed by atoms with Crippen molar-refractivity contribution in [2.45, 2.75) is 13.3 Å². The number of hydrogen-bond acceptors (Lipinski definition) is 2. The van der Waals surface area contributed by atoms with Gasteiger partial charge in [0.15, 0.2) is 5.78 Å². The molecule has 106 valence electrons. The van der Waals surface area contributed by atoms with Gasteiger partial charge < -0.3 is 4.90 Å². The molecule has 1 heterocycles. The molecule has 3 nitrogen and oxygen atoms in total. The molecule has 4 heteroatoms. The quantitative estimate of drug-likeness (QED) is 0.801. The Bertz CT molecular complexity index is 739. The Morgan fingerprint density at radius 1 is 1.19 bits per heavy atom. The van der Waals surface area contributed by atoms with E-state index in [1.807, 2.05) is 19.1 Å². The molecule has 21 heavy (non-hydrogen) atoms. The number of anilines is 1. The summed E-state index contributed by atoms with van der Waals surface area (Å²) in [7, 11) is 0. The van der Waals surface area contributed by atoms with Crippen LogP contribution in [0.15, 0.2) is 42.5 Å². The van der Waals surface area contributed by atoms with Crippen LogP contribution in [0.25, 0.3) is 0 Å². The number of rotatable bonds is 1. The Morgan fingerprint density at radius 3 is 2.71 bits per heavy atom. The van der Waals surface area contributed by atoms with Gasteiger partial charge in [-0.05, 0) is 36.8 Å². The molecule has 2 aromatic carbocycles. The van der Waals surface area contributed by atoms with Crippen molar-refractivity contribution < 1.29 is 9.59 Å². The number of halogens is 1. The van der Waals surface area contributed by atoms with Crippen molar-refractivity contribution in [1.29, 1.82) is 0 Å². The number of para-hydroxylation sites is 1. The van der Waals surface area contributed by atoms with Crippen LogP contribution in [0.1, 0.15) is 32.7 Å². The van der Waals surface area contributed by atoms with Crippen molar-refractivity contribution in [2.24, 2.45) is 0 Å². The van der Waals surface area contributed by atoms with E-state index in [0.717, 1.165) is 11.3 Å². The number of Topliss-reactive ketones (excluding diaryl/α,β-unsaturated/α-hetero) is 1. The van der Waals surface area contributed by atoms with E-state index in [-0.39, 0.29) is 11.7 Å². The Kier molecular flexibility index (Phi) is 3.52. The second-order valence-electron chi connectivity index (χ2n) is 5.11. The fourth-order valence-corrected chi connectivity index (χ4v) is 2.87. The molecule has 0 N–H and O–H groups in total. The molecule has 0 aromatic heterocycles. The smallest absolute Gasteiger partial charge is 0.258 e. The molecule has 1 aliphatic rings. The summed E-state index contributed by atoms with van der Waals surface area (Å²) in [6, 6.07) is 12.4. The summed E-state index contributed by atoms with van der Waals surface area (Å²) in [4.78, 5) is 26.4. The molecule has 3 rings (SSSR count). The van der Waals surface area contributed by atoms with Gasteiger partial charge in [0.2, 0.25) is 0 Å². The zero-order valence-corrected chi connectivity index (χ0v) is 12.4. The van der Waals surface area contributed by atoms with Crippen LogP contribution in [0.5, 0.6) is 0 Å². The van der Waals surface area contributed by atoms with Crippen LogP contribution in [-0.4, -0.2) is 18.2 Å². The fraction of sp³-hybridized carbons (Fsp3) is 0.176. The third-order valence-electron chi connectivity index (χ3n) is 3.69. The molecule has 0 fully saturated rings. The van der Waals surface area contributed by atoms with Crippen molar-refractivity contribution in [3.8, 4) is 0 Å². The maximum absolute atomic E-state index is 12.7. The molecule has 0 radical (unpaired) electrons. The summed E-state index contributed by atoms with van der Waals surface area (Å²) < 4.78 is 0. The maximum atomic E-state index is 12.7. The third-order valence-corrected chi connectivity index (χ3v) is 3.92. The number of hydrogen-bond donors (Lipinski definition) is 0. The van der Waals surface area contributed by atoms with Gasteiger partial charge in [-0.25, -0.2) is 0 Å². The topological polar surface area (TPSA) is 37.4 Å². The first-order chi connectivity index (χ1) is 10.1. The zero-order chi connectivity index (χ0) is 15.0. The lowest BCUT2D eigenvalue weighted by atomic mass is 9.96. The molecule has 1 amide bonds. The molecule has 0 atom stereocenters. The lowest BCUT2D eigenvalue weighted by Crippen LogP contribution is -2.38. The van der Waals surface area contributed by atoms with Gasteiger partial charge in [0.1, 0.15) is 0 Å². The summed E-state index contributed by atoms with van der Waals surface area (Å²) in [5, 5.41) is 0.527. The maximum Gasteiger partial charge on any atom is 0.258 e. The zero-order valence-electron chi connectivity index (χ0n) is 11.6. The monoisotopic (exact) mass is 299 g/mol. The van der Waals surface area contributed by atoms with Crippen LogP contribution in [0.4, 0.5) is 5.69 Å². The highest BCUT2D eigenvalue weighted by Gasteiger charge is 2.29. The standard InChI is InChI=1S/C17H14ClNO2/c1-11-4-2-7-14-15(20)8-9-19(16(11)14)17(21)12-5-3-6-13(18)10-12/h2-7,10H,8-9H2,1H3. The minimum Gasteiger partial charge on any atom is -0.307 e. The Morgan fingerprint density at radius 2 is 1.95 bits per heavy atom. The number of carbonyl (C=O) groups is 2. The van der Waals surface area contributed by atoms with Gasteiger partial charge in [-0.1, -0.05) is 29.8 Å². The molecule has 0 saturated heterocycles. The highest BCUT2D eigenvalue weighted by Crippen LogP contribution is 2.31.